The van der Waals surface area contributed by atoms with Gasteiger partial charge in [-0.3, -0.25) is 10.1 Å². The third kappa shape index (κ3) is 6.85. The fourth-order valence-electron chi connectivity index (χ4n) is 3.13. The molecule has 0 aliphatic rings. The van der Waals surface area contributed by atoms with Crippen LogP contribution in [0.25, 0.3) is 10.6 Å². The van der Waals surface area contributed by atoms with Crippen molar-refractivity contribution in [1.82, 2.24) is 15.5 Å². The van der Waals surface area contributed by atoms with Crippen molar-refractivity contribution in [3.05, 3.63) is 58.6 Å². The lowest BCUT2D eigenvalue weighted by molar-refractivity contribution is -0.119. The molecular weight excluding hydrogens is 502 g/mol. The van der Waals surface area contributed by atoms with Crippen molar-refractivity contribution in [2.45, 2.75) is 46.1 Å². The van der Waals surface area contributed by atoms with E-state index in [0.717, 1.165) is 16.5 Å². The van der Waals surface area contributed by atoms with Gasteiger partial charge >= 0.3 is 6.03 Å². The number of amides is 3. The maximum atomic E-state index is 13.0. The van der Waals surface area contributed by atoms with E-state index in [1.54, 1.807) is 0 Å². The van der Waals surface area contributed by atoms with E-state index in [0.29, 0.717) is 21.7 Å². The Balaban J connectivity index is 1.65. The molecule has 0 aliphatic carbocycles. The van der Waals surface area contributed by atoms with Crippen LogP contribution in [0.3, 0.4) is 0 Å². The Bertz CT molecular complexity index is 1080. The van der Waals surface area contributed by atoms with Crippen LogP contribution in [0.5, 0.6) is 0 Å². The maximum Gasteiger partial charge on any atom is 0.319 e. The minimum atomic E-state index is -0.718. The SMILES string of the molecule is CCC(C)C(NC(=O)Nc1ccc(C(C)C)cc1)C(=O)Nc1nnc(-c2ccc(Br)cc2)s1. The van der Waals surface area contributed by atoms with Crippen LogP contribution in [-0.4, -0.2) is 28.2 Å². The number of anilines is 2. The first-order chi connectivity index (χ1) is 15.8. The third-order valence-corrected chi connectivity index (χ3v) is 6.78. The molecule has 0 fully saturated rings. The highest BCUT2D eigenvalue weighted by Gasteiger charge is 2.27. The zero-order valence-corrected chi connectivity index (χ0v) is 21.5. The lowest BCUT2D eigenvalue weighted by Gasteiger charge is -2.23. The van der Waals surface area contributed by atoms with Crippen LogP contribution in [0.1, 0.15) is 45.6 Å². The number of halogens is 1. The second-order valence-electron chi connectivity index (χ2n) is 8.15. The smallest absolute Gasteiger partial charge is 0.319 e. The molecule has 2 unspecified atom stereocenters. The lowest BCUT2D eigenvalue weighted by Crippen LogP contribution is -2.49. The summed E-state index contributed by atoms with van der Waals surface area (Å²) in [5.74, 6) is 0.0158. The van der Waals surface area contributed by atoms with Gasteiger partial charge in [-0.15, -0.1) is 10.2 Å². The van der Waals surface area contributed by atoms with E-state index in [1.165, 1.54) is 16.9 Å². The van der Waals surface area contributed by atoms with Gasteiger partial charge in [0, 0.05) is 15.7 Å². The molecule has 0 saturated carbocycles. The van der Waals surface area contributed by atoms with Crippen molar-refractivity contribution in [3.63, 3.8) is 0 Å². The van der Waals surface area contributed by atoms with Gasteiger partial charge in [-0.05, 0) is 41.7 Å². The molecule has 3 aromatic rings. The number of carbonyl (C=O) groups excluding carboxylic acids is 2. The summed E-state index contributed by atoms with van der Waals surface area (Å²) in [7, 11) is 0. The summed E-state index contributed by atoms with van der Waals surface area (Å²) < 4.78 is 0.973. The van der Waals surface area contributed by atoms with Crippen molar-refractivity contribution in [2.24, 2.45) is 5.92 Å². The number of carbonyl (C=O) groups is 2. The Kier molecular flexibility index (Phi) is 8.57. The molecule has 1 aromatic heterocycles. The topological polar surface area (TPSA) is 96.0 Å². The zero-order valence-electron chi connectivity index (χ0n) is 19.1. The minimum Gasteiger partial charge on any atom is -0.326 e. The first kappa shape index (κ1) is 24.9. The van der Waals surface area contributed by atoms with E-state index in [2.05, 4.69) is 55.9 Å². The van der Waals surface area contributed by atoms with Gasteiger partial charge in [0.15, 0.2) is 0 Å². The highest BCUT2D eigenvalue weighted by atomic mass is 79.9. The van der Waals surface area contributed by atoms with Gasteiger partial charge in [0.25, 0.3) is 0 Å². The van der Waals surface area contributed by atoms with E-state index >= 15 is 0 Å². The Morgan fingerprint density at radius 1 is 0.970 bits per heavy atom. The first-order valence-electron chi connectivity index (χ1n) is 10.8. The second kappa shape index (κ2) is 11.4. The van der Waals surface area contributed by atoms with Gasteiger partial charge in [-0.25, -0.2) is 4.79 Å². The number of nitrogens with one attached hydrogen (secondary N) is 3. The Morgan fingerprint density at radius 3 is 2.24 bits per heavy atom. The van der Waals surface area contributed by atoms with Crippen molar-refractivity contribution < 1.29 is 9.59 Å². The molecule has 0 aliphatic heterocycles. The van der Waals surface area contributed by atoms with E-state index < -0.39 is 12.1 Å². The highest BCUT2D eigenvalue weighted by Crippen LogP contribution is 2.27. The quantitative estimate of drug-likeness (QED) is 0.320. The summed E-state index contributed by atoms with van der Waals surface area (Å²) in [5, 5.41) is 17.8. The number of urea groups is 1. The summed E-state index contributed by atoms with van der Waals surface area (Å²) >= 11 is 4.70. The summed E-state index contributed by atoms with van der Waals surface area (Å²) in [6.07, 6.45) is 0.724. The lowest BCUT2D eigenvalue weighted by atomic mass is 9.98. The summed E-state index contributed by atoms with van der Waals surface area (Å²) in [4.78, 5) is 25.6. The fraction of sp³-hybridized carbons (Fsp3) is 0.333. The van der Waals surface area contributed by atoms with E-state index in [4.69, 9.17) is 0 Å². The van der Waals surface area contributed by atoms with Gasteiger partial charge in [-0.1, -0.05) is 85.6 Å². The molecule has 3 rings (SSSR count). The Morgan fingerprint density at radius 2 is 1.64 bits per heavy atom. The summed E-state index contributed by atoms with van der Waals surface area (Å²) in [6, 6.07) is 14.2. The number of aromatic nitrogens is 2. The number of benzene rings is 2. The number of hydrogen-bond acceptors (Lipinski definition) is 5. The predicted molar refractivity (Wildman–Crippen MR) is 138 cm³/mol. The molecule has 3 N–H and O–H groups in total. The van der Waals surface area contributed by atoms with Crippen molar-refractivity contribution in [1.29, 1.82) is 0 Å². The van der Waals surface area contributed by atoms with E-state index in [1.807, 2.05) is 62.4 Å². The molecule has 0 saturated heterocycles. The monoisotopic (exact) mass is 529 g/mol. The Hall–Kier alpha value is -2.78. The zero-order chi connectivity index (χ0) is 24.0. The van der Waals surface area contributed by atoms with E-state index in [9.17, 15) is 9.59 Å². The van der Waals surface area contributed by atoms with Crippen LogP contribution < -0.4 is 16.0 Å². The average Bonchev–Trinajstić information content (AvgIpc) is 3.26. The molecule has 1 heterocycles. The number of hydrogen-bond donors (Lipinski definition) is 3. The van der Waals surface area contributed by atoms with Crippen molar-refractivity contribution in [3.8, 4) is 10.6 Å². The predicted octanol–water partition coefficient (Wildman–Crippen LogP) is 6.27. The van der Waals surface area contributed by atoms with Gasteiger partial charge < -0.3 is 10.6 Å². The van der Waals surface area contributed by atoms with Gasteiger partial charge in [0.05, 0.1) is 0 Å². The first-order valence-corrected chi connectivity index (χ1v) is 12.5. The molecule has 0 bridgehead atoms. The molecule has 2 atom stereocenters. The Labute approximate surface area is 206 Å². The van der Waals surface area contributed by atoms with E-state index in [-0.39, 0.29) is 11.8 Å². The highest BCUT2D eigenvalue weighted by molar-refractivity contribution is 9.10. The molecular formula is C24H28BrN5O2S. The van der Waals surface area contributed by atoms with Crippen LogP contribution >= 0.6 is 27.3 Å². The van der Waals surface area contributed by atoms with Gasteiger partial charge in [0.1, 0.15) is 11.0 Å². The largest absolute Gasteiger partial charge is 0.326 e. The summed E-state index contributed by atoms with van der Waals surface area (Å²) in [6.45, 7) is 8.13. The van der Waals surface area contributed by atoms with Gasteiger partial charge in [-0.2, -0.15) is 0 Å². The molecule has 3 amide bonds. The van der Waals surface area contributed by atoms with Crippen molar-refractivity contribution in [2.75, 3.05) is 10.6 Å². The normalized spacial score (nSPS) is 12.8. The molecule has 0 radical (unpaired) electrons. The molecule has 174 valence electrons. The van der Waals surface area contributed by atoms with Crippen molar-refractivity contribution >= 4 is 50.0 Å². The summed E-state index contributed by atoms with van der Waals surface area (Å²) in [5.41, 5.74) is 2.77. The van der Waals surface area contributed by atoms with Gasteiger partial charge in [0.2, 0.25) is 11.0 Å². The standard InChI is InChI=1S/C24H28BrN5O2S/c1-5-15(4)20(27-23(32)26-19-12-8-16(9-13-19)14(2)3)21(31)28-24-30-29-22(33-24)17-6-10-18(25)11-7-17/h6-15,20H,5H2,1-4H3,(H2,26,27,32)(H,28,30,31). The molecule has 9 heteroatoms. The minimum absolute atomic E-state index is 0.0714. The van der Waals surface area contributed by atoms with Crippen LogP contribution in [0.2, 0.25) is 0 Å². The fourth-order valence-corrected chi connectivity index (χ4v) is 4.14. The average molecular weight is 530 g/mol. The number of rotatable bonds is 8. The van der Waals surface area contributed by atoms with Crippen LogP contribution in [0.15, 0.2) is 53.0 Å². The second-order valence-corrected chi connectivity index (χ2v) is 10.0. The molecule has 7 nitrogen and oxygen atoms in total. The molecule has 2 aromatic carbocycles. The van der Waals surface area contributed by atoms with Crippen LogP contribution in [0, 0.1) is 5.92 Å². The van der Waals surface area contributed by atoms with Crippen LogP contribution in [0.4, 0.5) is 15.6 Å². The maximum absolute atomic E-state index is 13.0. The molecule has 33 heavy (non-hydrogen) atoms. The third-order valence-electron chi connectivity index (χ3n) is 5.36. The molecule has 0 spiro atoms. The van der Waals surface area contributed by atoms with Crippen LogP contribution in [-0.2, 0) is 4.79 Å². The number of nitrogens with zero attached hydrogens (tertiary/aromatic N) is 2.